The topological polar surface area (TPSA) is 85.3 Å². The SMILES string of the molecule is O=C(O)c1cc(Oc2ccc(C(=O)N3CCC3)cc2)cc(O[C@H]2CCOC2)c1. The molecule has 0 radical (unpaired) electrons. The molecule has 0 spiro atoms. The molecule has 1 N–H and O–H groups in total. The zero-order valence-electron chi connectivity index (χ0n) is 15.3. The lowest BCUT2D eigenvalue weighted by atomic mass is 10.1. The largest absolute Gasteiger partial charge is 0.488 e. The van der Waals surface area contributed by atoms with Crippen molar-refractivity contribution in [1.82, 2.24) is 4.90 Å². The zero-order chi connectivity index (χ0) is 19.5. The van der Waals surface area contributed by atoms with Gasteiger partial charge in [-0.25, -0.2) is 4.79 Å². The number of benzene rings is 2. The average molecular weight is 383 g/mol. The van der Waals surface area contributed by atoms with Crippen molar-refractivity contribution in [3.63, 3.8) is 0 Å². The van der Waals surface area contributed by atoms with E-state index in [0.29, 0.717) is 36.0 Å². The second kappa shape index (κ2) is 7.90. The highest BCUT2D eigenvalue weighted by atomic mass is 16.5. The highest BCUT2D eigenvalue weighted by molar-refractivity contribution is 5.94. The van der Waals surface area contributed by atoms with Crippen molar-refractivity contribution in [3.8, 4) is 17.2 Å². The summed E-state index contributed by atoms with van der Waals surface area (Å²) < 4.78 is 16.9. The molecule has 28 heavy (non-hydrogen) atoms. The summed E-state index contributed by atoms with van der Waals surface area (Å²) in [6.07, 6.45) is 1.72. The smallest absolute Gasteiger partial charge is 0.335 e. The van der Waals surface area contributed by atoms with Crippen LogP contribution in [0.3, 0.4) is 0 Å². The number of ether oxygens (including phenoxy) is 3. The van der Waals surface area contributed by atoms with Gasteiger partial charge in [-0.05, 0) is 42.8 Å². The molecule has 2 aromatic carbocycles. The normalized spacial score (nSPS) is 18.4. The summed E-state index contributed by atoms with van der Waals surface area (Å²) in [5.74, 6) is 0.247. The first-order chi connectivity index (χ1) is 13.6. The number of amides is 1. The standard InChI is InChI=1S/C21H21NO6/c23-20(22-7-1-8-22)14-2-4-16(5-3-14)27-18-10-15(21(24)25)11-19(12-18)28-17-6-9-26-13-17/h2-5,10-12,17H,1,6-9,13H2,(H,24,25)/t17-/m0/s1. The van der Waals surface area contributed by atoms with E-state index in [-0.39, 0.29) is 17.6 Å². The minimum Gasteiger partial charge on any atom is -0.488 e. The number of aromatic carboxylic acids is 1. The summed E-state index contributed by atoms with van der Waals surface area (Å²) in [7, 11) is 0. The number of likely N-dealkylation sites (tertiary alicyclic amines) is 1. The predicted octanol–water partition coefficient (Wildman–Crippen LogP) is 3.19. The second-order valence-corrected chi connectivity index (χ2v) is 6.87. The van der Waals surface area contributed by atoms with Gasteiger partial charge in [-0.3, -0.25) is 4.79 Å². The van der Waals surface area contributed by atoms with Crippen LogP contribution >= 0.6 is 0 Å². The highest BCUT2D eigenvalue weighted by Crippen LogP contribution is 2.29. The molecule has 146 valence electrons. The number of hydrogen-bond donors (Lipinski definition) is 1. The van der Waals surface area contributed by atoms with E-state index in [1.54, 1.807) is 35.2 Å². The number of hydrogen-bond acceptors (Lipinski definition) is 5. The van der Waals surface area contributed by atoms with E-state index in [1.807, 2.05) is 0 Å². The van der Waals surface area contributed by atoms with Crippen molar-refractivity contribution in [3.05, 3.63) is 53.6 Å². The number of carboxylic acid groups (broad SMARTS) is 1. The van der Waals surface area contributed by atoms with Gasteiger partial charge in [0.05, 0.1) is 18.8 Å². The molecule has 0 bridgehead atoms. The Balaban J connectivity index is 1.50. The van der Waals surface area contributed by atoms with Crippen LogP contribution in [-0.2, 0) is 4.74 Å². The van der Waals surface area contributed by atoms with Crippen LogP contribution in [0.1, 0.15) is 33.6 Å². The summed E-state index contributed by atoms with van der Waals surface area (Å²) in [6.45, 7) is 2.72. The van der Waals surface area contributed by atoms with Gasteiger partial charge in [0.1, 0.15) is 23.4 Å². The molecular weight excluding hydrogens is 362 g/mol. The van der Waals surface area contributed by atoms with Gasteiger partial charge in [0.15, 0.2) is 0 Å². The molecule has 2 aliphatic heterocycles. The fourth-order valence-electron chi connectivity index (χ4n) is 3.12. The van der Waals surface area contributed by atoms with Crippen LogP contribution in [0.15, 0.2) is 42.5 Å². The van der Waals surface area contributed by atoms with E-state index in [4.69, 9.17) is 14.2 Å². The van der Waals surface area contributed by atoms with E-state index >= 15 is 0 Å². The third kappa shape index (κ3) is 4.09. The van der Waals surface area contributed by atoms with Gasteiger partial charge in [-0.1, -0.05) is 0 Å². The van der Waals surface area contributed by atoms with Crippen LogP contribution in [0, 0.1) is 0 Å². The Morgan fingerprint density at radius 1 is 1.00 bits per heavy atom. The third-order valence-corrected chi connectivity index (χ3v) is 4.80. The molecule has 1 amide bonds. The summed E-state index contributed by atoms with van der Waals surface area (Å²) in [5.41, 5.74) is 0.688. The van der Waals surface area contributed by atoms with Crippen LogP contribution in [0.4, 0.5) is 0 Å². The molecule has 7 heteroatoms. The van der Waals surface area contributed by atoms with Crippen LogP contribution in [0.5, 0.6) is 17.2 Å². The van der Waals surface area contributed by atoms with E-state index in [9.17, 15) is 14.7 Å². The molecule has 4 rings (SSSR count). The summed E-state index contributed by atoms with van der Waals surface area (Å²) in [6, 6.07) is 11.4. The fraction of sp³-hybridized carbons (Fsp3) is 0.333. The first-order valence-electron chi connectivity index (χ1n) is 9.28. The van der Waals surface area contributed by atoms with Gasteiger partial charge in [0.2, 0.25) is 0 Å². The Bertz CT molecular complexity index is 869. The van der Waals surface area contributed by atoms with Crippen LogP contribution in [0.2, 0.25) is 0 Å². The lowest BCUT2D eigenvalue weighted by molar-refractivity contribution is 0.0650. The van der Waals surface area contributed by atoms with Crippen molar-refractivity contribution >= 4 is 11.9 Å². The Hall–Kier alpha value is -3.06. The molecular formula is C21H21NO6. The van der Waals surface area contributed by atoms with Crippen LogP contribution in [-0.4, -0.2) is 54.3 Å². The zero-order valence-corrected chi connectivity index (χ0v) is 15.3. The molecule has 0 aromatic heterocycles. The maximum Gasteiger partial charge on any atom is 0.335 e. The van der Waals surface area contributed by atoms with Gasteiger partial charge in [0, 0.05) is 31.1 Å². The lowest BCUT2D eigenvalue weighted by Gasteiger charge is -2.30. The molecule has 2 aliphatic rings. The molecule has 7 nitrogen and oxygen atoms in total. The minimum absolute atomic E-state index is 0.0140. The molecule has 2 fully saturated rings. The molecule has 0 unspecified atom stereocenters. The molecule has 2 aromatic rings. The third-order valence-electron chi connectivity index (χ3n) is 4.80. The monoisotopic (exact) mass is 383 g/mol. The van der Waals surface area contributed by atoms with Gasteiger partial charge in [-0.2, -0.15) is 0 Å². The molecule has 2 saturated heterocycles. The highest BCUT2D eigenvalue weighted by Gasteiger charge is 2.22. The number of carboxylic acids is 1. The van der Waals surface area contributed by atoms with E-state index in [0.717, 1.165) is 25.9 Å². The maximum absolute atomic E-state index is 12.2. The molecule has 0 saturated carbocycles. The number of rotatable bonds is 6. The first kappa shape index (κ1) is 18.3. The quantitative estimate of drug-likeness (QED) is 0.825. The molecule has 1 atom stereocenters. The number of carbonyl (C=O) groups is 2. The van der Waals surface area contributed by atoms with E-state index < -0.39 is 5.97 Å². The average Bonchev–Trinajstić information content (AvgIpc) is 3.13. The second-order valence-electron chi connectivity index (χ2n) is 6.87. The summed E-state index contributed by atoms with van der Waals surface area (Å²) in [4.78, 5) is 25.4. The maximum atomic E-state index is 12.2. The van der Waals surface area contributed by atoms with Crippen molar-refractivity contribution in [1.29, 1.82) is 0 Å². The van der Waals surface area contributed by atoms with Crippen molar-refractivity contribution in [2.45, 2.75) is 18.9 Å². The first-order valence-corrected chi connectivity index (χ1v) is 9.28. The van der Waals surface area contributed by atoms with Gasteiger partial charge >= 0.3 is 5.97 Å². The van der Waals surface area contributed by atoms with Crippen LogP contribution in [0.25, 0.3) is 0 Å². The van der Waals surface area contributed by atoms with E-state index in [2.05, 4.69) is 0 Å². The Morgan fingerprint density at radius 3 is 2.36 bits per heavy atom. The predicted molar refractivity (Wildman–Crippen MR) is 100 cm³/mol. The minimum atomic E-state index is -1.06. The van der Waals surface area contributed by atoms with Gasteiger partial charge in [-0.15, -0.1) is 0 Å². The van der Waals surface area contributed by atoms with Crippen LogP contribution < -0.4 is 9.47 Å². The molecule has 0 aliphatic carbocycles. The van der Waals surface area contributed by atoms with Crippen molar-refractivity contribution in [2.75, 3.05) is 26.3 Å². The molecule has 2 heterocycles. The number of nitrogens with zero attached hydrogens (tertiary/aromatic N) is 1. The van der Waals surface area contributed by atoms with E-state index in [1.165, 1.54) is 12.1 Å². The fourth-order valence-corrected chi connectivity index (χ4v) is 3.12. The Labute approximate surface area is 162 Å². The lowest BCUT2D eigenvalue weighted by Crippen LogP contribution is -2.41. The summed E-state index contributed by atoms with van der Waals surface area (Å²) >= 11 is 0. The Morgan fingerprint density at radius 2 is 1.75 bits per heavy atom. The van der Waals surface area contributed by atoms with Crippen molar-refractivity contribution in [2.24, 2.45) is 0 Å². The number of carbonyl (C=O) groups excluding carboxylic acids is 1. The van der Waals surface area contributed by atoms with Crippen molar-refractivity contribution < 1.29 is 28.9 Å². The summed E-state index contributed by atoms with van der Waals surface area (Å²) in [5, 5.41) is 9.36. The Kier molecular flexibility index (Phi) is 5.16. The van der Waals surface area contributed by atoms with Gasteiger partial charge in [0.25, 0.3) is 5.91 Å². The van der Waals surface area contributed by atoms with Gasteiger partial charge < -0.3 is 24.2 Å².